The van der Waals surface area contributed by atoms with Crippen molar-refractivity contribution in [3.8, 4) is 0 Å². The van der Waals surface area contributed by atoms with Crippen LogP contribution in [0.3, 0.4) is 0 Å². The predicted octanol–water partition coefficient (Wildman–Crippen LogP) is 2.97. The molecule has 0 aromatic carbocycles. The molecule has 0 aliphatic heterocycles. The highest BCUT2D eigenvalue weighted by Crippen LogP contribution is 2.46. The van der Waals surface area contributed by atoms with Gasteiger partial charge in [-0.15, -0.1) is 0 Å². The summed E-state index contributed by atoms with van der Waals surface area (Å²) in [7, 11) is 0. The number of aliphatic hydroxyl groups is 1. The van der Waals surface area contributed by atoms with Gasteiger partial charge in [0.25, 0.3) is 0 Å². The number of nitrogens with one attached hydrogen (secondary N) is 1. The molecule has 114 valence electrons. The van der Waals surface area contributed by atoms with Crippen molar-refractivity contribution in [1.82, 2.24) is 5.32 Å². The minimum atomic E-state index is 0.258. The second-order valence-corrected chi connectivity index (χ2v) is 6.96. The summed E-state index contributed by atoms with van der Waals surface area (Å²) < 4.78 is 5.84. The molecule has 3 atom stereocenters. The molecule has 1 saturated carbocycles. The van der Waals surface area contributed by atoms with Crippen molar-refractivity contribution in [1.29, 1.82) is 0 Å². The van der Waals surface area contributed by atoms with E-state index in [2.05, 4.69) is 39.9 Å². The zero-order valence-corrected chi connectivity index (χ0v) is 13.5. The average molecular weight is 271 g/mol. The van der Waals surface area contributed by atoms with E-state index in [0.717, 1.165) is 38.8 Å². The molecule has 19 heavy (non-hydrogen) atoms. The average Bonchev–Trinajstić information content (AvgIpc) is 2.38. The van der Waals surface area contributed by atoms with Crippen LogP contribution in [0.4, 0.5) is 0 Å². The summed E-state index contributed by atoms with van der Waals surface area (Å²) >= 11 is 0. The summed E-state index contributed by atoms with van der Waals surface area (Å²) in [5.41, 5.74) is 0.539. The van der Waals surface area contributed by atoms with E-state index >= 15 is 0 Å². The van der Waals surface area contributed by atoms with Gasteiger partial charge in [-0.05, 0) is 38.0 Å². The van der Waals surface area contributed by atoms with Crippen LogP contribution < -0.4 is 5.32 Å². The fourth-order valence-corrected chi connectivity index (χ4v) is 3.11. The maximum Gasteiger partial charge on any atom is 0.0658 e. The third kappa shape index (κ3) is 4.17. The molecule has 0 spiro atoms. The summed E-state index contributed by atoms with van der Waals surface area (Å²) in [4.78, 5) is 0. The first kappa shape index (κ1) is 16.9. The Morgan fingerprint density at radius 3 is 2.58 bits per heavy atom. The molecule has 0 amide bonds. The summed E-state index contributed by atoms with van der Waals surface area (Å²) in [5.74, 6) is 0. The Bertz CT molecular complexity index is 267. The van der Waals surface area contributed by atoms with E-state index < -0.39 is 0 Å². The smallest absolute Gasteiger partial charge is 0.0658 e. The Balaban J connectivity index is 2.42. The van der Waals surface area contributed by atoms with Crippen molar-refractivity contribution in [3.05, 3.63) is 0 Å². The van der Waals surface area contributed by atoms with Crippen LogP contribution in [-0.4, -0.2) is 37.0 Å². The van der Waals surface area contributed by atoms with Gasteiger partial charge in [0.15, 0.2) is 0 Å². The van der Waals surface area contributed by atoms with Crippen molar-refractivity contribution < 1.29 is 9.84 Å². The Morgan fingerprint density at radius 2 is 2.05 bits per heavy atom. The van der Waals surface area contributed by atoms with Gasteiger partial charge >= 0.3 is 0 Å². The fourth-order valence-electron chi connectivity index (χ4n) is 3.11. The van der Waals surface area contributed by atoms with Gasteiger partial charge in [-0.1, -0.05) is 27.7 Å². The molecule has 1 rings (SSSR count). The molecular formula is C16H33NO2. The van der Waals surface area contributed by atoms with Crippen molar-refractivity contribution in [2.45, 2.75) is 72.4 Å². The predicted molar refractivity (Wildman–Crippen MR) is 80.3 cm³/mol. The molecule has 1 aliphatic carbocycles. The van der Waals surface area contributed by atoms with Crippen LogP contribution in [0.2, 0.25) is 0 Å². The summed E-state index contributed by atoms with van der Waals surface area (Å²) in [6.45, 7) is 13.4. The highest BCUT2D eigenvalue weighted by Gasteiger charge is 2.50. The van der Waals surface area contributed by atoms with E-state index in [-0.39, 0.29) is 10.8 Å². The molecule has 0 heterocycles. The molecule has 0 aromatic heterocycles. The second kappa shape index (κ2) is 7.05. The van der Waals surface area contributed by atoms with Crippen molar-refractivity contribution in [3.63, 3.8) is 0 Å². The summed E-state index contributed by atoms with van der Waals surface area (Å²) in [5, 5.41) is 12.7. The van der Waals surface area contributed by atoms with Crippen LogP contribution in [-0.2, 0) is 4.74 Å². The van der Waals surface area contributed by atoms with Gasteiger partial charge in [-0.3, -0.25) is 0 Å². The van der Waals surface area contributed by atoms with E-state index in [1.807, 2.05) is 0 Å². The standard InChI is InChI=1S/C16H33NO2/c1-6-16(5)13(11-14(16)19-7-2)17-12-15(3,4)9-8-10-18/h13-14,17-18H,6-12H2,1-5H3. The molecule has 3 heteroatoms. The van der Waals surface area contributed by atoms with Crippen molar-refractivity contribution >= 4 is 0 Å². The molecule has 2 N–H and O–H groups in total. The third-order valence-corrected chi connectivity index (χ3v) is 4.95. The minimum absolute atomic E-state index is 0.258. The summed E-state index contributed by atoms with van der Waals surface area (Å²) in [6.07, 6.45) is 4.67. The largest absolute Gasteiger partial charge is 0.396 e. The molecule has 0 aromatic rings. The Kier molecular flexibility index (Phi) is 6.28. The molecule has 0 bridgehead atoms. The number of aliphatic hydroxyl groups excluding tert-OH is 1. The zero-order valence-electron chi connectivity index (χ0n) is 13.5. The number of rotatable bonds is 9. The molecule has 0 radical (unpaired) electrons. The van der Waals surface area contributed by atoms with Gasteiger partial charge in [0.1, 0.15) is 0 Å². The second-order valence-electron chi connectivity index (χ2n) is 6.96. The highest BCUT2D eigenvalue weighted by atomic mass is 16.5. The molecule has 1 fully saturated rings. The van der Waals surface area contributed by atoms with Crippen molar-refractivity contribution in [2.75, 3.05) is 19.8 Å². The monoisotopic (exact) mass is 271 g/mol. The van der Waals surface area contributed by atoms with Crippen LogP contribution in [0.15, 0.2) is 0 Å². The third-order valence-electron chi connectivity index (χ3n) is 4.95. The van der Waals surface area contributed by atoms with Crippen LogP contribution in [0, 0.1) is 10.8 Å². The number of ether oxygens (including phenoxy) is 1. The lowest BCUT2D eigenvalue weighted by Gasteiger charge is -2.54. The van der Waals surface area contributed by atoms with Gasteiger partial charge in [-0.2, -0.15) is 0 Å². The lowest BCUT2D eigenvalue weighted by Crippen LogP contribution is -2.63. The van der Waals surface area contributed by atoms with Gasteiger partial charge in [0, 0.05) is 31.2 Å². The molecule has 1 aliphatic rings. The molecule has 3 nitrogen and oxygen atoms in total. The SMILES string of the molecule is CCOC1CC(NCC(C)(C)CCCO)C1(C)CC. The fraction of sp³-hybridized carbons (Fsp3) is 1.00. The lowest BCUT2D eigenvalue weighted by molar-refractivity contribution is -0.127. The Morgan fingerprint density at radius 1 is 1.37 bits per heavy atom. The van der Waals surface area contributed by atoms with Crippen molar-refractivity contribution in [2.24, 2.45) is 10.8 Å². The lowest BCUT2D eigenvalue weighted by atomic mass is 9.61. The normalized spacial score (nSPS) is 31.3. The minimum Gasteiger partial charge on any atom is -0.396 e. The zero-order chi connectivity index (χ0) is 14.5. The number of hydrogen-bond acceptors (Lipinski definition) is 3. The van der Waals surface area contributed by atoms with Gasteiger partial charge < -0.3 is 15.2 Å². The first-order chi connectivity index (χ1) is 8.89. The van der Waals surface area contributed by atoms with Gasteiger partial charge in [0.2, 0.25) is 0 Å². The van der Waals surface area contributed by atoms with E-state index in [0.29, 0.717) is 18.8 Å². The molecule has 0 saturated heterocycles. The first-order valence-electron chi connectivity index (χ1n) is 7.85. The maximum absolute atomic E-state index is 8.94. The van der Waals surface area contributed by atoms with Crippen LogP contribution in [0.1, 0.15) is 60.3 Å². The van der Waals surface area contributed by atoms with Gasteiger partial charge in [0.05, 0.1) is 6.10 Å². The van der Waals surface area contributed by atoms with Crippen LogP contribution >= 0.6 is 0 Å². The molecule has 3 unspecified atom stereocenters. The van der Waals surface area contributed by atoms with E-state index in [9.17, 15) is 0 Å². The summed E-state index contributed by atoms with van der Waals surface area (Å²) in [6, 6.07) is 0.572. The van der Waals surface area contributed by atoms with E-state index in [1.165, 1.54) is 0 Å². The first-order valence-corrected chi connectivity index (χ1v) is 7.85. The topological polar surface area (TPSA) is 41.5 Å². The van der Waals surface area contributed by atoms with Crippen LogP contribution in [0.25, 0.3) is 0 Å². The molecular weight excluding hydrogens is 238 g/mol. The quantitative estimate of drug-likeness (QED) is 0.677. The maximum atomic E-state index is 8.94. The van der Waals surface area contributed by atoms with E-state index in [1.54, 1.807) is 0 Å². The van der Waals surface area contributed by atoms with Gasteiger partial charge in [-0.25, -0.2) is 0 Å². The Hall–Kier alpha value is -0.120. The van der Waals surface area contributed by atoms with E-state index in [4.69, 9.17) is 9.84 Å². The Labute approximate surface area is 119 Å². The number of hydrogen-bond donors (Lipinski definition) is 2. The van der Waals surface area contributed by atoms with Crippen LogP contribution in [0.5, 0.6) is 0 Å². The highest BCUT2D eigenvalue weighted by molar-refractivity contribution is 5.05.